The number of aromatic nitrogens is 3. The van der Waals surface area contributed by atoms with E-state index in [2.05, 4.69) is 14.8 Å². The van der Waals surface area contributed by atoms with Crippen LogP contribution < -0.4 is 4.72 Å². The number of nitrogens with one attached hydrogen (secondary N) is 1. The van der Waals surface area contributed by atoms with Crippen molar-refractivity contribution in [2.45, 2.75) is 38.4 Å². The number of hydrogen-bond donors (Lipinski definition) is 1. The molecule has 2 atom stereocenters. The van der Waals surface area contributed by atoms with Crippen molar-refractivity contribution in [1.29, 1.82) is 0 Å². The predicted molar refractivity (Wildman–Crippen MR) is 141 cm³/mol. The number of halogens is 4. The van der Waals surface area contributed by atoms with E-state index in [1.54, 1.807) is 18.5 Å². The zero-order valence-electron chi connectivity index (χ0n) is 20.8. The summed E-state index contributed by atoms with van der Waals surface area (Å²) in [5, 5.41) is 6.58. The molecule has 1 fully saturated rings. The van der Waals surface area contributed by atoms with Crippen molar-refractivity contribution in [3.8, 4) is 0 Å². The van der Waals surface area contributed by atoms with Gasteiger partial charge in [-0.1, -0.05) is 24.6 Å². The van der Waals surface area contributed by atoms with E-state index in [9.17, 15) is 21.6 Å². The van der Waals surface area contributed by atoms with Crippen molar-refractivity contribution in [3.63, 3.8) is 0 Å². The van der Waals surface area contributed by atoms with E-state index >= 15 is 0 Å². The Kier molecular flexibility index (Phi) is 9.21. The van der Waals surface area contributed by atoms with Gasteiger partial charge in [0.05, 0.1) is 11.4 Å². The van der Waals surface area contributed by atoms with Crippen LogP contribution in [0.15, 0.2) is 52.7 Å². The molecule has 1 saturated heterocycles. The molecule has 0 aliphatic carbocycles. The lowest BCUT2D eigenvalue weighted by molar-refractivity contribution is -0.191. The van der Waals surface area contributed by atoms with Gasteiger partial charge in [-0.25, -0.2) is 27.2 Å². The van der Waals surface area contributed by atoms with Gasteiger partial charge in [0.15, 0.2) is 10.8 Å². The molecule has 4 heterocycles. The van der Waals surface area contributed by atoms with Gasteiger partial charge in [-0.15, -0.1) is 11.3 Å². The van der Waals surface area contributed by atoms with Crippen LogP contribution in [-0.4, -0.2) is 58.4 Å². The monoisotopic (exact) mass is 614 g/mol. The Bertz CT molecular complexity index is 1570. The fourth-order valence-corrected chi connectivity index (χ4v) is 6.85. The standard InChI is InChI=1S/C23H22ClF3N6O2S2.CO2/c1-2-9-37(34,35)31-14-11-18-19(17-5-7-33(30-17)23(26)27)20(15-4-3-13(25)10-16(15)24)29-21(32(18)12-14)22-28-6-8-36-22;2-1-3/h3-8,10,14,20,23,31H,2,9,11-12H2,1H3;/t14-,20-;/m0./s1. The molecule has 5 rings (SSSR count). The Morgan fingerprint density at radius 2 is 2.02 bits per heavy atom. The molecule has 0 radical (unpaired) electrons. The van der Waals surface area contributed by atoms with Crippen molar-refractivity contribution in [2.24, 2.45) is 4.99 Å². The van der Waals surface area contributed by atoms with Gasteiger partial charge in [0, 0.05) is 58.6 Å². The highest BCUT2D eigenvalue weighted by Gasteiger charge is 2.41. The summed E-state index contributed by atoms with van der Waals surface area (Å²) in [6, 6.07) is 4.06. The van der Waals surface area contributed by atoms with Crippen molar-refractivity contribution in [1.82, 2.24) is 24.4 Å². The molecule has 2 aliphatic heterocycles. The van der Waals surface area contributed by atoms with Crippen molar-refractivity contribution in [2.75, 3.05) is 12.3 Å². The fourth-order valence-electron chi connectivity index (χ4n) is 4.61. The SMILES string of the molecule is CCCS(=O)(=O)N[C@H]1CC2=C(c3ccn(C(F)F)n3)[C@H](c3ccc(F)cc3Cl)N=C(c3nccs3)N2C1.O=C=O. The van der Waals surface area contributed by atoms with E-state index in [0.717, 1.165) is 12.3 Å². The Hall–Kier alpha value is -3.36. The molecule has 0 unspecified atom stereocenters. The maximum atomic E-state index is 13.9. The van der Waals surface area contributed by atoms with Crippen LogP contribution in [0, 0.1) is 5.82 Å². The van der Waals surface area contributed by atoms with Gasteiger partial charge in [-0.2, -0.15) is 23.5 Å². The van der Waals surface area contributed by atoms with Crippen LogP contribution in [0.1, 0.15) is 48.6 Å². The van der Waals surface area contributed by atoms with Gasteiger partial charge < -0.3 is 4.90 Å². The van der Waals surface area contributed by atoms with Crippen LogP contribution in [0.4, 0.5) is 13.2 Å². The van der Waals surface area contributed by atoms with E-state index in [4.69, 9.17) is 26.2 Å². The minimum Gasteiger partial charge on any atom is -0.326 e. The van der Waals surface area contributed by atoms with E-state index in [1.807, 2.05) is 4.90 Å². The van der Waals surface area contributed by atoms with Crippen LogP contribution in [-0.2, 0) is 19.6 Å². The van der Waals surface area contributed by atoms with Crippen LogP contribution in [0.3, 0.4) is 0 Å². The topological polar surface area (TPSA) is 127 Å². The number of aliphatic imine (C=N–C) groups is 1. The number of thiazole rings is 1. The molecule has 0 bridgehead atoms. The summed E-state index contributed by atoms with van der Waals surface area (Å²) in [5.41, 5.74) is 1.85. The first kappa shape index (κ1) is 29.6. The molecule has 3 aromatic rings. The lowest BCUT2D eigenvalue weighted by Crippen LogP contribution is -2.40. The second-order valence-corrected chi connectivity index (χ2v) is 11.9. The molecule has 16 heteroatoms. The summed E-state index contributed by atoms with van der Waals surface area (Å²) in [5.74, 6) is -0.0579. The third-order valence-corrected chi connectivity index (χ3v) is 8.78. The van der Waals surface area contributed by atoms with Crippen LogP contribution in [0.2, 0.25) is 5.02 Å². The van der Waals surface area contributed by atoms with Crippen LogP contribution in [0.25, 0.3) is 5.57 Å². The Labute approximate surface area is 236 Å². The lowest BCUT2D eigenvalue weighted by Gasteiger charge is -2.32. The van der Waals surface area contributed by atoms with Gasteiger partial charge >= 0.3 is 12.7 Å². The number of rotatable bonds is 8. The third kappa shape index (κ3) is 6.34. The van der Waals surface area contributed by atoms with Crippen LogP contribution >= 0.6 is 22.9 Å². The van der Waals surface area contributed by atoms with E-state index in [-0.39, 0.29) is 35.6 Å². The first-order chi connectivity index (χ1) is 19.1. The molecule has 1 N–H and O–H groups in total. The number of carbonyl (C=O) groups excluding carboxylic acids is 2. The minimum absolute atomic E-state index is 0.0184. The summed E-state index contributed by atoms with van der Waals surface area (Å²) in [7, 11) is -3.53. The fraction of sp³-hybridized carbons (Fsp3) is 0.333. The summed E-state index contributed by atoms with van der Waals surface area (Å²) in [4.78, 5) is 27.4. The number of benzene rings is 1. The molecule has 0 spiro atoms. The Balaban J connectivity index is 0.00000118. The minimum atomic E-state index is -3.53. The predicted octanol–water partition coefficient (Wildman–Crippen LogP) is 4.26. The Morgan fingerprint density at radius 1 is 1.27 bits per heavy atom. The first-order valence-electron chi connectivity index (χ1n) is 11.8. The van der Waals surface area contributed by atoms with E-state index in [1.165, 1.54) is 29.5 Å². The van der Waals surface area contributed by atoms with Crippen LogP contribution in [0.5, 0.6) is 0 Å². The van der Waals surface area contributed by atoms with Gasteiger partial charge in [-0.05, 0) is 24.6 Å². The van der Waals surface area contributed by atoms with Gasteiger partial charge in [0.2, 0.25) is 10.0 Å². The molecular weight excluding hydrogens is 593 g/mol. The zero-order chi connectivity index (χ0) is 29.0. The molecule has 2 aromatic heterocycles. The molecule has 10 nitrogen and oxygen atoms in total. The van der Waals surface area contributed by atoms with Crippen molar-refractivity contribution >= 4 is 50.5 Å². The van der Waals surface area contributed by atoms with E-state index in [0.29, 0.717) is 38.8 Å². The lowest BCUT2D eigenvalue weighted by atomic mass is 9.92. The number of nitrogens with zero attached hydrogens (tertiary/aromatic N) is 5. The summed E-state index contributed by atoms with van der Waals surface area (Å²) >= 11 is 7.79. The average Bonchev–Trinajstić information content (AvgIpc) is 3.64. The number of hydrogen-bond acceptors (Lipinski definition) is 9. The third-order valence-electron chi connectivity index (χ3n) is 6.04. The zero-order valence-corrected chi connectivity index (χ0v) is 23.2. The molecule has 2 aliphatic rings. The average molecular weight is 615 g/mol. The van der Waals surface area contributed by atoms with Gasteiger partial charge in [0.1, 0.15) is 11.9 Å². The molecule has 0 saturated carbocycles. The first-order valence-corrected chi connectivity index (χ1v) is 14.8. The molecule has 40 heavy (non-hydrogen) atoms. The highest BCUT2D eigenvalue weighted by molar-refractivity contribution is 7.89. The second kappa shape index (κ2) is 12.4. The Morgan fingerprint density at radius 3 is 2.62 bits per heavy atom. The molecule has 212 valence electrons. The normalized spacial score (nSPS) is 18.8. The molecular formula is C24H22ClF3N6O4S2. The largest absolute Gasteiger partial charge is 0.373 e. The highest BCUT2D eigenvalue weighted by atomic mass is 35.5. The highest BCUT2D eigenvalue weighted by Crippen LogP contribution is 2.46. The van der Waals surface area contributed by atoms with Gasteiger partial charge in [0.25, 0.3) is 0 Å². The maximum absolute atomic E-state index is 13.9. The summed E-state index contributed by atoms with van der Waals surface area (Å²) in [6.07, 6.45) is 3.77. The van der Waals surface area contributed by atoms with E-state index < -0.39 is 34.5 Å². The maximum Gasteiger partial charge on any atom is 0.373 e. The van der Waals surface area contributed by atoms with Crippen molar-refractivity contribution < 1.29 is 31.2 Å². The van der Waals surface area contributed by atoms with Crippen molar-refractivity contribution in [3.05, 3.63) is 74.8 Å². The number of alkyl halides is 2. The smallest absolute Gasteiger partial charge is 0.326 e. The quantitative estimate of drug-likeness (QED) is 0.402. The second-order valence-electron chi connectivity index (χ2n) is 8.71. The molecule has 0 amide bonds. The number of fused-ring (bicyclic) bond motifs is 1. The number of amidine groups is 1. The number of sulfonamides is 1. The van der Waals surface area contributed by atoms with Gasteiger partial charge in [-0.3, -0.25) is 4.99 Å². The summed E-state index contributed by atoms with van der Waals surface area (Å²) < 4.78 is 69.1. The summed E-state index contributed by atoms with van der Waals surface area (Å²) in [6.45, 7) is -0.806. The molecule has 1 aromatic carbocycles.